The van der Waals surface area contributed by atoms with Crippen LogP contribution in [-0.4, -0.2) is 23.9 Å². The number of likely N-dealkylation sites (tertiary alicyclic amines) is 1. The third-order valence-corrected chi connectivity index (χ3v) is 3.24. The maximum atomic E-state index is 11.8. The van der Waals surface area contributed by atoms with Crippen molar-refractivity contribution in [2.45, 2.75) is 25.7 Å². The number of hydrogen-bond donors (Lipinski definition) is 2. The number of carbonyl (C=O) groups is 1. The molecule has 2 rings (SSSR count). The Labute approximate surface area is 102 Å². The molecule has 0 unspecified atom stereocenters. The highest BCUT2D eigenvalue weighted by atomic mass is 16.2. The molecule has 1 aliphatic rings. The van der Waals surface area contributed by atoms with Crippen LogP contribution < -0.4 is 11.5 Å². The zero-order chi connectivity index (χ0) is 12.3. The molecule has 0 atom stereocenters. The smallest absolute Gasteiger partial charge is 0.222 e. The molecule has 1 amide bonds. The number of nitrogens with two attached hydrogens (primary N) is 2. The molecule has 1 aromatic carbocycles. The number of nitrogens with zero attached hydrogens (tertiary/aromatic N) is 1. The van der Waals surface area contributed by atoms with E-state index in [1.807, 2.05) is 17.0 Å². The molecule has 4 heteroatoms. The van der Waals surface area contributed by atoms with Crippen LogP contribution in [-0.2, 0) is 11.2 Å². The molecule has 92 valence electrons. The Bertz CT molecular complexity index is 411. The molecular weight excluding hydrogens is 214 g/mol. The summed E-state index contributed by atoms with van der Waals surface area (Å²) < 4.78 is 0. The molecule has 1 fully saturated rings. The predicted molar refractivity (Wildman–Crippen MR) is 69.4 cm³/mol. The van der Waals surface area contributed by atoms with Crippen molar-refractivity contribution in [2.24, 2.45) is 0 Å². The van der Waals surface area contributed by atoms with E-state index in [4.69, 9.17) is 11.5 Å². The SMILES string of the molecule is Nc1ccc(CCC(=O)N2CCCC2)cc1N. The summed E-state index contributed by atoms with van der Waals surface area (Å²) in [7, 11) is 0. The quantitative estimate of drug-likeness (QED) is 0.775. The van der Waals surface area contributed by atoms with Crippen LogP contribution in [0.5, 0.6) is 0 Å². The summed E-state index contributed by atoms with van der Waals surface area (Å²) >= 11 is 0. The average molecular weight is 233 g/mol. The van der Waals surface area contributed by atoms with Crippen LogP contribution in [0, 0.1) is 0 Å². The summed E-state index contributed by atoms with van der Waals surface area (Å²) in [6.45, 7) is 1.84. The monoisotopic (exact) mass is 233 g/mol. The number of carbonyl (C=O) groups excluding carboxylic acids is 1. The van der Waals surface area contributed by atoms with Crippen LogP contribution in [0.15, 0.2) is 18.2 Å². The number of benzene rings is 1. The first-order valence-corrected chi connectivity index (χ1v) is 6.08. The minimum atomic E-state index is 0.248. The fourth-order valence-electron chi connectivity index (χ4n) is 2.16. The number of anilines is 2. The van der Waals surface area contributed by atoms with Crippen molar-refractivity contribution in [3.8, 4) is 0 Å². The number of aryl methyl sites for hydroxylation is 1. The van der Waals surface area contributed by atoms with Crippen molar-refractivity contribution in [3.63, 3.8) is 0 Å². The Morgan fingerprint density at radius 1 is 1.18 bits per heavy atom. The van der Waals surface area contributed by atoms with Crippen molar-refractivity contribution >= 4 is 17.3 Å². The van der Waals surface area contributed by atoms with E-state index in [0.29, 0.717) is 17.8 Å². The average Bonchev–Trinajstić information content (AvgIpc) is 2.84. The highest BCUT2D eigenvalue weighted by molar-refractivity contribution is 5.76. The maximum absolute atomic E-state index is 11.8. The molecule has 1 heterocycles. The first kappa shape index (κ1) is 11.8. The van der Waals surface area contributed by atoms with Crippen molar-refractivity contribution in [3.05, 3.63) is 23.8 Å². The van der Waals surface area contributed by atoms with Crippen LogP contribution in [0.1, 0.15) is 24.8 Å². The van der Waals surface area contributed by atoms with Gasteiger partial charge in [-0.1, -0.05) is 6.07 Å². The van der Waals surface area contributed by atoms with Crippen LogP contribution >= 0.6 is 0 Å². The van der Waals surface area contributed by atoms with Crippen molar-refractivity contribution in [2.75, 3.05) is 24.6 Å². The van der Waals surface area contributed by atoms with Crippen LogP contribution in [0.25, 0.3) is 0 Å². The maximum Gasteiger partial charge on any atom is 0.222 e. The number of nitrogen functional groups attached to an aromatic ring is 2. The van der Waals surface area contributed by atoms with Gasteiger partial charge in [0.2, 0.25) is 5.91 Å². The minimum Gasteiger partial charge on any atom is -0.397 e. The van der Waals surface area contributed by atoms with Gasteiger partial charge in [-0.3, -0.25) is 4.79 Å². The normalized spacial score (nSPS) is 15.2. The van der Waals surface area contributed by atoms with E-state index in [1.54, 1.807) is 6.07 Å². The predicted octanol–water partition coefficient (Wildman–Crippen LogP) is 1.41. The third-order valence-electron chi connectivity index (χ3n) is 3.24. The van der Waals surface area contributed by atoms with Gasteiger partial charge in [0, 0.05) is 19.5 Å². The summed E-state index contributed by atoms with van der Waals surface area (Å²) in [6.07, 6.45) is 3.57. The molecule has 0 bridgehead atoms. The van der Waals surface area contributed by atoms with E-state index >= 15 is 0 Å². The van der Waals surface area contributed by atoms with E-state index in [9.17, 15) is 4.79 Å². The Kier molecular flexibility index (Phi) is 3.52. The van der Waals surface area contributed by atoms with Gasteiger partial charge in [-0.05, 0) is 37.0 Å². The Morgan fingerprint density at radius 3 is 2.53 bits per heavy atom. The Morgan fingerprint density at radius 2 is 1.88 bits per heavy atom. The van der Waals surface area contributed by atoms with Crippen molar-refractivity contribution in [1.29, 1.82) is 0 Å². The summed E-state index contributed by atoms with van der Waals surface area (Å²) in [4.78, 5) is 13.8. The topological polar surface area (TPSA) is 72.4 Å². The van der Waals surface area contributed by atoms with Crippen LogP contribution in [0.2, 0.25) is 0 Å². The summed E-state index contributed by atoms with van der Waals surface area (Å²) in [6, 6.07) is 5.58. The fraction of sp³-hybridized carbons (Fsp3) is 0.462. The number of hydrogen-bond acceptors (Lipinski definition) is 3. The summed E-state index contributed by atoms with van der Waals surface area (Å²) in [5, 5.41) is 0. The Hall–Kier alpha value is -1.71. The largest absolute Gasteiger partial charge is 0.397 e. The van der Waals surface area contributed by atoms with Crippen molar-refractivity contribution < 1.29 is 4.79 Å². The van der Waals surface area contributed by atoms with Gasteiger partial charge < -0.3 is 16.4 Å². The standard InChI is InChI=1S/C13H19N3O/c14-11-5-3-10(9-12(11)15)4-6-13(17)16-7-1-2-8-16/h3,5,9H,1-2,4,6-8,14-15H2. The lowest BCUT2D eigenvalue weighted by Gasteiger charge is -2.15. The number of rotatable bonds is 3. The molecule has 0 aromatic heterocycles. The number of amides is 1. The second kappa shape index (κ2) is 5.08. The Balaban J connectivity index is 1.88. The molecule has 0 aliphatic carbocycles. The van der Waals surface area contributed by atoms with Gasteiger partial charge in [0.15, 0.2) is 0 Å². The molecule has 1 aliphatic heterocycles. The zero-order valence-electron chi connectivity index (χ0n) is 9.98. The molecule has 0 spiro atoms. The molecule has 0 radical (unpaired) electrons. The highest BCUT2D eigenvalue weighted by Gasteiger charge is 2.17. The third kappa shape index (κ3) is 2.90. The molecule has 0 saturated carbocycles. The first-order valence-electron chi connectivity index (χ1n) is 6.08. The lowest BCUT2D eigenvalue weighted by molar-refractivity contribution is -0.130. The van der Waals surface area contributed by atoms with E-state index in [-0.39, 0.29) is 5.91 Å². The van der Waals surface area contributed by atoms with Gasteiger partial charge in [0.05, 0.1) is 11.4 Å². The second-order valence-electron chi connectivity index (χ2n) is 4.55. The van der Waals surface area contributed by atoms with Gasteiger partial charge in [-0.25, -0.2) is 0 Å². The van der Waals surface area contributed by atoms with Gasteiger partial charge in [-0.2, -0.15) is 0 Å². The van der Waals surface area contributed by atoms with Crippen LogP contribution in [0.4, 0.5) is 11.4 Å². The lowest BCUT2D eigenvalue weighted by Crippen LogP contribution is -2.27. The van der Waals surface area contributed by atoms with E-state index in [0.717, 1.165) is 37.9 Å². The summed E-state index contributed by atoms with van der Waals surface area (Å²) in [5.41, 5.74) is 13.6. The highest BCUT2D eigenvalue weighted by Crippen LogP contribution is 2.18. The van der Waals surface area contributed by atoms with Crippen LogP contribution in [0.3, 0.4) is 0 Å². The van der Waals surface area contributed by atoms with E-state index in [1.165, 1.54) is 0 Å². The van der Waals surface area contributed by atoms with Gasteiger partial charge in [0.25, 0.3) is 0 Å². The van der Waals surface area contributed by atoms with E-state index < -0.39 is 0 Å². The fourth-order valence-corrected chi connectivity index (χ4v) is 2.16. The molecule has 17 heavy (non-hydrogen) atoms. The zero-order valence-corrected chi connectivity index (χ0v) is 9.98. The molecule has 1 aromatic rings. The van der Waals surface area contributed by atoms with Gasteiger partial charge in [0.1, 0.15) is 0 Å². The van der Waals surface area contributed by atoms with Crippen molar-refractivity contribution in [1.82, 2.24) is 4.90 Å². The summed E-state index contributed by atoms with van der Waals surface area (Å²) in [5.74, 6) is 0.248. The van der Waals surface area contributed by atoms with Gasteiger partial charge >= 0.3 is 0 Å². The molecule has 4 nitrogen and oxygen atoms in total. The molecule has 4 N–H and O–H groups in total. The first-order chi connectivity index (χ1) is 8.16. The molecule has 1 saturated heterocycles. The lowest BCUT2D eigenvalue weighted by atomic mass is 10.1. The molecular formula is C13H19N3O. The van der Waals surface area contributed by atoms with Gasteiger partial charge in [-0.15, -0.1) is 0 Å². The minimum absolute atomic E-state index is 0.248. The second-order valence-corrected chi connectivity index (χ2v) is 4.55. The van der Waals surface area contributed by atoms with E-state index in [2.05, 4.69) is 0 Å².